The predicted molar refractivity (Wildman–Crippen MR) is 106 cm³/mol. The van der Waals surface area contributed by atoms with Gasteiger partial charge in [0.2, 0.25) is 0 Å². The van der Waals surface area contributed by atoms with Crippen molar-refractivity contribution in [1.29, 1.82) is 0 Å². The van der Waals surface area contributed by atoms with E-state index in [0.29, 0.717) is 13.2 Å². The molecule has 2 fully saturated rings. The Balaban J connectivity index is 0.00000288. The SMILES string of the molecule is CN=C(NCCN1CCOCC1(C)C)N1CCOC(COC)C1.I. The van der Waals surface area contributed by atoms with Crippen LogP contribution in [0.5, 0.6) is 0 Å². The van der Waals surface area contributed by atoms with Gasteiger partial charge in [0.1, 0.15) is 0 Å². The highest BCUT2D eigenvalue weighted by Crippen LogP contribution is 2.17. The van der Waals surface area contributed by atoms with Crippen molar-refractivity contribution in [3.05, 3.63) is 0 Å². The van der Waals surface area contributed by atoms with Gasteiger partial charge in [-0.1, -0.05) is 0 Å². The van der Waals surface area contributed by atoms with E-state index in [1.807, 2.05) is 7.05 Å². The van der Waals surface area contributed by atoms with Crippen molar-refractivity contribution in [1.82, 2.24) is 15.1 Å². The molecular formula is C16H33IN4O3. The van der Waals surface area contributed by atoms with Gasteiger partial charge in [-0.05, 0) is 13.8 Å². The van der Waals surface area contributed by atoms with E-state index < -0.39 is 0 Å². The molecule has 1 unspecified atom stereocenters. The van der Waals surface area contributed by atoms with Crippen molar-refractivity contribution < 1.29 is 14.2 Å². The summed E-state index contributed by atoms with van der Waals surface area (Å²) >= 11 is 0. The lowest BCUT2D eigenvalue weighted by atomic mass is 10.0. The molecule has 2 rings (SSSR count). The highest BCUT2D eigenvalue weighted by atomic mass is 127. The monoisotopic (exact) mass is 456 g/mol. The van der Waals surface area contributed by atoms with E-state index >= 15 is 0 Å². The van der Waals surface area contributed by atoms with Gasteiger partial charge in [-0.25, -0.2) is 0 Å². The molecule has 1 atom stereocenters. The van der Waals surface area contributed by atoms with Crippen molar-refractivity contribution in [3.8, 4) is 0 Å². The Morgan fingerprint density at radius 2 is 2.12 bits per heavy atom. The van der Waals surface area contributed by atoms with E-state index in [1.54, 1.807) is 7.11 Å². The molecule has 0 aromatic carbocycles. The van der Waals surface area contributed by atoms with Crippen LogP contribution in [0, 0.1) is 0 Å². The second kappa shape index (κ2) is 10.7. The van der Waals surface area contributed by atoms with Gasteiger partial charge in [0, 0.05) is 52.4 Å². The Hall–Kier alpha value is -0.160. The lowest BCUT2D eigenvalue weighted by molar-refractivity contribution is -0.0504. The number of nitrogens with one attached hydrogen (secondary N) is 1. The molecule has 0 aromatic rings. The molecule has 1 N–H and O–H groups in total. The minimum atomic E-state index is 0. The highest BCUT2D eigenvalue weighted by molar-refractivity contribution is 14.0. The minimum Gasteiger partial charge on any atom is -0.382 e. The fourth-order valence-corrected chi connectivity index (χ4v) is 3.14. The fourth-order valence-electron chi connectivity index (χ4n) is 3.14. The number of nitrogens with zero attached hydrogens (tertiary/aromatic N) is 3. The molecular weight excluding hydrogens is 423 g/mol. The molecule has 24 heavy (non-hydrogen) atoms. The van der Waals surface area contributed by atoms with Crippen molar-refractivity contribution in [2.24, 2.45) is 4.99 Å². The van der Waals surface area contributed by atoms with E-state index in [4.69, 9.17) is 14.2 Å². The van der Waals surface area contributed by atoms with Gasteiger partial charge in [0.05, 0.1) is 32.5 Å². The van der Waals surface area contributed by atoms with Gasteiger partial charge in [-0.15, -0.1) is 24.0 Å². The first-order chi connectivity index (χ1) is 11.1. The summed E-state index contributed by atoms with van der Waals surface area (Å²) in [7, 11) is 3.54. The molecule has 2 heterocycles. The Bertz CT molecular complexity index is 394. The largest absolute Gasteiger partial charge is 0.382 e. The zero-order valence-electron chi connectivity index (χ0n) is 15.4. The zero-order chi connectivity index (χ0) is 16.7. The van der Waals surface area contributed by atoms with Crippen molar-refractivity contribution >= 4 is 29.9 Å². The molecule has 142 valence electrons. The number of aliphatic imine (C=N–C) groups is 1. The van der Waals surface area contributed by atoms with Crippen molar-refractivity contribution in [2.75, 3.05) is 73.3 Å². The maximum atomic E-state index is 5.70. The molecule has 0 saturated carbocycles. The van der Waals surface area contributed by atoms with E-state index in [0.717, 1.165) is 51.9 Å². The van der Waals surface area contributed by atoms with Crippen molar-refractivity contribution in [2.45, 2.75) is 25.5 Å². The molecule has 2 aliphatic heterocycles. The minimum absolute atomic E-state index is 0. The normalized spacial score (nSPS) is 25.2. The molecule has 2 aliphatic rings. The van der Waals surface area contributed by atoms with Crippen LogP contribution in [-0.4, -0.2) is 101 Å². The van der Waals surface area contributed by atoms with Crippen LogP contribution in [0.4, 0.5) is 0 Å². The number of ether oxygens (including phenoxy) is 3. The summed E-state index contributed by atoms with van der Waals surface area (Å²) in [5.41, 5.74) is 0.103. The standard InChI is InChI=1S/C16H32N4O3.HI/c1-16(2)13-22-9-8-20(16)6-5-18-15(17-3)19-7-10-23-14(11-19)12-21-4;/h14H,5-13H2,1-4H3,(H,17,18);1H. The summed E-state index contributed by atoms with van der Waals surface area (Å²) in [5, 5.41) is 3.48. The Labute approximate surface area is 163 Å². The van der Waals surface area contributed by atoms with Crippen LogP contribution >= 0.6 is 24.0 Å². The molecule has 0 amide bonds. The van der Waals surface area contributed by atoms with Crippen LogP contribution in [0.3, 0.4) is 0 Å². The van der Waals surface area contributed by atoms with Gasteiger partial charge >= 0.3 is 0 Å². The molecule has 0 bridgehead atoms. The van der Waals surface area contributed by atoms with Gasteiger partial charge in [0.15, 0.2) is 5.96 Å². The van der Waals surface area contributed by atoms with Crippen LogP contribution in [0.25, 0.3) is 0 Å². The van der Waals surface area contributed by atoms with Crippen molar-refractivity contribution in [3.63, 3.8) is 0 Å². The Morgan fingerprint density at radius 1 is 1.33 bits per heavy atom. The molecule has 2 saturated heterocycles. The first-order valence-electron chi connectivity index (χ1n) is 8.46. The third-order valence-corrected chi connectivity index (χ3v) is 4.48. The second-order valence-electron chi connectivity index (χ2n) is 6.72. The van der Waals surface area contributed by atoms with Gasteiger partial charge in [-0.3, -0.25) is 9.89 Å². The number of methoxy groups -OCH3 is 1. The van der Waals surface area contributed by atoms with Crippen LogP contribution in [0.15, 0.2) is 4.99 Å². The summed E-state index contributed by atoms with van der Waals surface area (Å²) in [5.74, 6) is 0.945. The highest BCUT2D eigenvalue weighted by Gasteiger charge is 2.30. The van der Waals surface area contributed by atoms with Crippen LogP contribution in [0.1, 0.15) is 13.8 Å². The van der Waals surface area contributed by atoms with E-state index in [-0.39, 0.29) is 35.6 Å². The third kappa shape index (κ3) is 6.29. The molecule has 7 nitrogen and oxygen atoms in total. The van der Waals surface area contributed by atoms with E-state index in [1.165, 1.54) is 0 Å². The fraction of sp³-hybridized carbons (Fsp3) is 0.938. The van der Waals surface area contributed by atoms with Crippen LogP contribution in [-0.2, 0) is 14.2 Å². The average molecular weight is 456 g/mol. The molecule has 0 radical (unpaired) electrons. The molecule has 0 aliphatic carbocycles. The third-order valence-electron chi connectivity index (χ3n) is 4.48. The number of hydrogen-bond acceptors (Lipinski definition) is 5. The smallest absolute Gasteiger partial charge is 0.193 e. The average Bonchev–Trinajstić information content (AvgIpc) is 2.53. The van der Waals surface area contributed by atoms with Crippen LogP contribution < -0.4 is 5.32 Å². The lowest BCUT2D eigenvalue weighted by Crippen LogP contribution is -2.56. The zero-order valence-corrected chi connectivity index (χ0v) is 17.7. The summed E-state index contributed by atoms with van der Waals surface area (Å²) < 4.78 is 16.5. The number of morpholine rings is 2. The number of hydrogen-bond donors (Lipinski definition) is 1. The van der Waals surface area contributed by atoms with Gasteiger partial charge in [0.25, 0.3) is 0 Å². The summed E-state index contributed by atoms with van der Waals surface area (Å²) in [6.07, 6.45) is 0.116. The van der Waals surface area contributed by atoms with Gasteiger partial charge in [-0.2, -0.15) is 0 Å². The summed E-state index contributed by atoms with van der Waals surface area (Å²) in [4.78, 5) is 9.14. The van der Waals surface area contributed by atoms with E-state index in [2.05, 4.69) is 34.0 Å². The first-order valence-corrected chi connectivity index (χ1v) is 8.46. The molecule has 0 aromatic heterocycles. The Kier molecular flexibility index (Phi) is 9.80. The van der Waals surface area contributed by atoms with Crippen LogP contribution in [0.2, 0.25) is 0 Å². The number of guanidine groups is 1. The molecule has 8 heteroatoms. The van der Waals surface area contributed by atoms with E-state index in [9.17, 15) is 0 Å². The Morgan fingerprint density at radius 3 is 2.79 bits per heavy atom. The number of halogens is 1. The summed E-state index contributed by atoms with van der Waals surface area (Å²) in [6.45, 7) is 11.9. The van der Waals surface area contributed by atoms with Gasteiger partial charge < -0.3 is 24.4 Å². The number of rotatable bonds is 5. The summed E-state index contributed by atoms with van der Waals surface area (Å²) in [6, 6.07) is 0. The topological polar surface area (TPSA) is 58.6 Å². The second-order valence-corrected chi connectivity index (χ2v) is 6.72. The first kappa shape index (κ1) is 21.9. The predicted octanol–water partition coefficient (Wildman–Crippen LogP) is 0.638. The molecule has 0 spiro atoms. The quantitative estimate of drug-likeness (QED) is 0.373. The maximum Gasteiger partial charge on any atom is 0.193 e. The maximum absolute atomic E-state index is 5.70. The lowest BCUT2D eigenvalue weighted by Gasteiger charge is -2.42.